The van der Waals surface area contributed by atoms with Gasteiger partial charge in [-0.2, -0.15) is 0 Å². The summed E-state index contributed by atoms with van der Waals surface area (Å²) in [6.45, 7) is 0.341. The van der Waals surface area contributed by atoms with Gasteiger partial charge in [0.25, 0.3) is 5.91 Å². The van der Waals surface area contributed by atoms with Crippen LogP contribution in [0.15, 0.2) is 42.6 Å². The number of amides is 2. The van der Waals surface area contributed by atoms with E-state index in [9.17, 15) is 9.59 Å². The van der Waals surface area contributed by atoms with E-state index < -0.39 is 0 Å². The van der Waals surface area contributed by atoms with E-state index in [2.05, 4.69) is 15.6 Å². The normalized spacial score (nSPS) is 10.0. The number of carbonyl (C=O) groups is 2. The van der Waals surface area contributed by atoms with E-state index in [0.29, 0.717) is 17.8 Å². The number of nitrogen functional groups attached to an aromatic ring is 1. The molecule has 1 aromatic heterocycles. The molecular weight excluding hydrogens is 256 g/mol. The SMILES string of the molecule is Nc1ccc(C(=O)NCC(=O)NCc2ccc[nH]2)cc1. The first kappa shape index (κ1) is 13.7. The molecule has 5 N–H and O–H groups in total. The molecule has 0 saturated heterocycles. The molecule has 2 aromatic rings. The Labute approximate surface area is 116 Å². The highest BCUT2D eigenvalue weighted by molar-refractivity contribution is 5.96. The zero-order chi connectivity index (χ0) is 14.4. The maximum atomic E-state index is 11.8. The van der Waals surface area contributed by atoms with Gasteiger partial charge >= 0.3 is 0 Å². The minimum absolute atomic E-state index is 0.0656. The topological polar surface area (TPSA) is 100 Å². The summed E-state index contributed by atoms with van der Waals surface area (Å²) in [4.78, 5) is 26.3. The van der Waals surface area contributed by atoms with Crippen molar-refractivity contribution in [3.05, 3.63) is 53.9 Å². The summed E-state index contributed by atoms with van der Waals surface area (Å²) in [7, 11) is 0. The molecule has 0 bridgehead atoms. The van der Waals surface area contributed by atoms with Crippen LogP contribution in [0.2, 0.25) is 0 Å². The summed E-state index contributed by atoms with van der Waals surface area (Å²) >= 11 is 0. The van der Waals surface area contributed by atoms with Gasteiger partial charge < -0.3 is 21.4 Å². The summed E-state index contributed by atoms with van der Waals surface area (Å²) < 4.78 is 0. The third kappa shape index (κ3) is 3.88. The predicted molar refractivity (Wildman–Crippen MR) is 75.8 cm³/mol. The highest BCUT2D eigenvalue weighted by Crippen LogP contribution is 2.04. The van der Waals surface area contributed by atoms with Gasteiger partial charge in [-0.1, -0.05) is 0 Å². The van der Waals surface area contributed by atoms with E-state index in [1.54, 1.807) is 30.5 Å². The van der Waals surface area contributed by atoms with Crippen LogP contribution in [0.1, 0.15) is 16.1 Å². The fraction of sp³-hybridized carbons (Fsp3) is 0.143. The summed E-state index contributed by atoms with van der Waals surface area (Å²) in [5.74, 6) is -0.552. The van der Waals surface area contributed by atoms with Crippen molar-refractivity contribution in [1.82, 2.24) is 15.6 Å². The Balaban J connectivity index is 1.75. The van der Waals surface area contributed by atoms with E-state index in [0.717, 1.165) is 5.69 Å². The minimum Gasteiger partial charge on any atom is -0.399 e. The Morgan fingerprint density at radius 3 is 2.50 bits per heavy atom. The quantitative estimate of drug-likeness (QED) is 0.601. The van der Waals surface area contributed by atoms with Crippen molar-refractivity contribution < 1.29 is 9.59 Å². The zero-order valence-electron chi connectivity index (χ0n) is 10.8. The van der Waals surface area contributed by atoms with Crippen molar-refractivity contribution in [2.45, 2.75) is 6.54 Å². The molecule has 0 spiro atoms. The number of rotatable bonds is 5. The predicted octanol–water partition coefficient (Wildman–Crippen LogP) is 0.643. The number of nitrogens with one attached hydrogen (secondary N) is 3. The lowest BCUT2D eigenvalue weighted by molar-refractivity contribution is -0.120. The second kappa shape index (κ2) is 6.42. The fourth-order valence-electron chi connectivity index (χ4n) is 1.63. The molecule has 2 rings (SSSR count). The molecule has 0 saturated carbocycles. The molecule has 0 unspecified atom stereocenters. The van der Waals surface area contributed by atoms with Gasteiger partial charge in [-0.3, -0.25) is 9.59 Å². The first-order valence-electron chi connectivity index (χ1n) is 6.18. The molecule has 0 atom stereocenters. The highest BCUT2D eigenvalue weighted by atomic mass is 16.2. The van der Waals surface area contributed by atoms with E-state index >= 15 is 0 Å². The molecule has 0 aliphatic heterocycles. The molecule has 1 aromatic carbocycles. The summed E-state index contributed by atoms with van der Waals surface area (Å²) in [6.07, 6.45) is 1.78. The standard InChI is InChI=1S/C14H16N4O2/c15-11-5-3-10(4-6-11)14(20)18-9-13(19)17-8-12-2-1-7-16-12/h1-7,16H,8-9,15H2,(H,17,19)(H,18,20). The molecule has 0 aliphatic carbocycles. The number of carbonyl (C=O) groups excluding carboxylic acids is 2. The lowest BCUT2D eigenvalue weighted by atomic mass is 10.2. The van der Waals surface area contributed by atoms with Crippen molar-refractivity contribution in [3.8, 4) is 0 Å². The van der Waals surface area contributed by atoms with Crippen LogP contribution in [0.4, 0.5) is 5.69 Å². The van der Waals surface area contributed by atoms with E-state index in [1.807, 2.05) is 12.1 Å². The van der Waals surface area contributed by atoms with Crippen LogP contribution in [0.25, 0.3) is 0 Å². The Kier molecular flexibility index (Phi) is 4.39. The molecule has 0 aliphatic rings. The third-order valence-corrected chi connectivity index (χ3v) is 2.72. The summed E-state index contributed by atoms with van der Waals surface area (Å²) in [6, 6.07) is 10.2. The molecule has 1 heterocycles. The zero-order valence-corrected chi connectivity index (χ0v) is 10.8. The summed E-state index contributed by atoms with van der Waals surface area (Å²) in [5.41, 5.74) is 7.50. The number of benzene rings is 1. The number of anilines is 1. The lowest BCUT2D eigenvalue weighted by Gasteiger charge is -2.06. The molecular formula is C14H16N4O2. The molecule has 20 heavy (non-hydrogen) atoms. The Bertz CT molecular complexity index is 576. The maximum Gasteiger partial charge on any atom is 0.251 e. The second-order valence-corrected chi connectivity index (χ2v) is 4.28. The van der Waals surface area contributed by atoms with Gasteiger partial charge in [0.15, 0.2) is 0 Å². The van der Waals surface area contributed by atoms with E-state index in [1.165, 1.54) is 0 Å². The molecule has 0 radical (unpaired) electrons. The van der Waals surface area contributed by atoms with Gasteiger partial charge in [0, 0.05) is 23.1 Å². The second-order valence-electron chi connectivity index (χ2n) is 4.28. The molecule has 6 nitrogen and oxygen atoms in total. The van der Waals surface area contributed by atoms with Gasteiger partial charge in [0.2, 0.25) is 5.91 Å². The Hall–Kier alpha value is -2.76. The number of nitrogens with two attached hydrogens (primary N) is 1. The van der Waals surface area contributed by atoms with E-state index in [-0.39, 0.29) is 18.4 Å². The van der Waals surface area contributed by atoms with Gasteiger partial charge in [-0.15, -0.1) is 0 Å². The van der Waals surface area contributed by atoms with Crippen molar-refractivity contribution >= 4 is 17.5 Å². The van der Waals surface area contributed by atoms with Crippen molar-refractivity contribution in [1.29, 1.82) is 0 Å². The third-order valence-electron chi connectivity index (χ3n) is 2.72. The largest absolute Gasteiger partial charge is 0.399 e. The highest BCUT2D eigenvalue weighted by Gasteiger charge is 2.07. The molecule has 2 amide bonds. The van der Waals surface area contributed by atoms with Crippen LogP contribution < -0.4 is 16.4 Å². The van der Waals surface area contributed by atoms with Crippen LogP contribution >= 0.6 is 0 Å². The number of aromatic nitrogens is 1. The number of aromatic amines is 1. The van der Waals surface area contributed by atoms with Gasteiger partial charge in [0.05, 0.1) is 13.1 Å². The summed E-state index contributed by atoms with van der Waals surface area (Å²) in [5, 5.41) is 5.24. The van der Waals surface area contributed by atoms with Crippen LogP contribution in [-0.2, 0) is 11.3 Å². The lowest BCUT2D eigenvalue weighted by Crippen LogP contribution is -2.36. The van der Waals surface area contributed by atoms with Gasteiger partial charge in [-0.25, -0.2) is 0 Å². The number of hydrogen-bond acceptors (Lipinski definition) is 3. The molecule has 104 valence electrons. The Morgan fingerprint density at radius 1 is 1.10 bits per heavy atom. The van der Waals surface area contributed by atoms with Crippen molar-refractivity contribution in [2.75, 3.05) is 12.3 Å². The number of H-pyrrole nitrogens is 1. The average molecular weight is 272 g/mol. The van der Waals surface area contributed by atoms with E-state index in [4.69, 9.17) is 5.73 Å². The molecule has 6 heteroatoms. The van der Waals surface area contributed by atoms with Crippen LogP contribution in [0.5, 0.6) is 0 Å². The molecule has 0 fully saturated rings. The monoisotopic (exact) mass is 272 g/mol. The maximum absolute atomic E-state index is 11.8. The number of hydrogen-bond donors (Lipinski definition) is 4. The van der Waals surface area contributed by atoms with Crippen LogP contribution in [0.3, 0.4) is 0 Å². The van der Waals surface area contributed by atoms with Gasteiger partial charge in [-0.05, 0) is 36.4 Å². The van der Waals surface area contributed by atoms with Gasteiger partial charge in [0.1, 0.15) is 0 Å². The fourth-order valence-corrected chi connectivity index (χ4v) is 1.63. The van der Waals surface area contributed by atoms with Crippen LogP contribution in [0, 0.1) is 0 Å². The average Bonchev–Trinajstić information content (AvgIpc) is 2.96. The first-order valence-corrected chi connectivity index (χ1v) is 6.18. The smallest absolute Gasteiger partial charge is 0.251 e. The van der Waals surface area contributed by atoms with Crippen LogP contribution in [-0.4, -0.2) is 23.3 Å². The first-order chi connectivity index (χ1) is 9.65. The van der Waals surface area contributed by atoms with Crippen molar-refractivity contribution in [3.63, 3.8) is 0 Å². The minimum atomic E-state index is -0.306. The van der Waals surface area contributed by atoms with Crippen molar-refractivity contribution in [2.24, 2.45) is 0 Å². The Morgan fingerprint density at radius 2 is 1.85 bits per heavy atom.